The first-order chi connectivity index (χ1) is 10.9. The molecular formula is C19H24N2O2. The molecule has 2 aliphatic rings. The summed E-state index contributed by atoms with van der Waals surface area (Å²) in [5.41, 5.74) is 3.84. The van der Waals surface area contributed by atoms with Crippen LogP contribution in [-0.2, 0) is 24.2 Å². The number of allylic oxidation sites excluding steroid dienone is 3. The highest BCUT2D eigenvalue weighted by atomic mass is 16.3. The lowest BCUT2D eigenvalue weighted by atomic mass is 10.00. The van der Waals surface area contributed by atoms with Crippen LogP contribution in [0.25, 0.3) is 0 Å². The largest absolute Gasteiger partial charge is 0.381 e. The third kappa shape index (κ3) is 3.64. The highest BCUT2D eigenvalue weighted by molar-refractivity contribution is 5.83. The maximum atomic E-state index is 11.8. The summed E-state index contributed by atoms with van der Waals surface area (Å²) in [5, 5.41) is 12.5. The lowest BCUT2D eigenvalue weighted by Gasteiger charge is -2.26. The molecule has 0 unspecified atom stereocenters. The Hall–Kier alpha value is -2.07. The number of benzene rings is 1. The minimum absolute atomic E-state index is 0.345. The summed E-state index contributed by atoms with van der Waals surface area (Å²) in [5.74, 6) is -0.345. The van der Waals surface area contributed by atoms with Crippen LogP contribution in [0.1, 0.15) is 30.5 Å². The highest BCUT2D eigenvalue weighted by Crippen LogP contribution is 2.22. The van der Waals surface area contributed by atoms with Gasteiger partial charge in [0.2, 0.25) is 0 Å². The first-order valence-electron chi connectivity index (χ1n) is 8.18. The van der Waals surface area contributed by atoms with Crippen molar-refractivity contribution < 1.29 is 9.90 Å². The molecule has 4 heteroatoms. The van der Waals surface area contributed by atoms with Crippen molar-refractivity contribution >= 4 is 5.91 Å². The lowest BCUT2D eigenvalue weighted by molar-refractivity contribution is -0.136. The van der Waals surface area contributed by atoms with E-state index in [2.05, 4.69) is 46.6 Å². The van der Waals surface area contributed by atoms with Crippen LogP contribution in [0.4, 0.5) is 0 Å². The van der Waals surface area contributed by atoms with Gasteiger partial charge in [0, 0.05) is 25.3 Å². The van der Waals surface area contributed by atoms with Gasteiger partial charge in [-0.25, -0.2) is 0 Å². The normalized spacial score (nSPS) is 17.0. The molecule has 1 aromatic rings. The van der Waals surface area contributed by atoms with Gasteiger partial charge in [-0.3, -0.25) is 4.79 Å². The second-order valence-corrected chi connectivity index (χ2v) is 6.78. The molecule has 23 heavy (non-hydrogen) atoms. The Bertz CT molecular complexity index is 668. The van der Waals surface area contributed by atoms with Gasteiger partial charge in [0.1, 0.15) is 5.60 Å². The SMILES string of the molecule is CC(C)(O)C(=O)NCc1ccc2c(c1)CCN(C1=CC=C1)CC2. The van der Waals surface area contributed by atoms with Crippen LogP contribution < -0.4 is 5.32 Å². The van der Waals surface area contributed by atoms with Gasteiger partial charge in [-0.2, -0.15) is 0 Å². The van der Waals surface area contributed by atoms with Crippen molar-refractivity contribution in [2.75, 3.05) is 13.1 Å². The van der Waals surface area contributed by atoms with Crippen LogP contribution in [0.3, 0.4) is 0 Å². The quantitative estimate of drug-likeness (QED) is 0.893. The van der Waals surface area contributed by atoms with Gasteiger partial charge < -0.3 is 15.3 Å². The Morgan fingerprint density at radius 3 is 2.57 bits per heavy atom. The van der Waals surface area contributed by atoms with Gasteiger partial charge >= 0.3 is 0 Å². The topological polar surface area (TPSA) is 52.6 Å². The second-order valence-electron chi connectivity index (χ2n) is 6.78. The molecule has 122 valence electrons. The van der Waals surface area contributed by atoms with Crippen molar-refractivity contribution in [3.63, 3.8) is 0 Å². The first-order valence-corrected chi connectivity index (χ1v) is 8.18. The molecule has 2 N–H and O–H groups in total. The minimum Gasteiger partial charge on any atom is -0.381 e. The molecule has 3 rings (SSSR count). The van der Waals surface area contributed by atoms with Crippen LogP contribution in [0.5, 0.6) is 0 Å². The van der Waals surface area contributed by atoms with Crippen LogP contribution >= 0.6 is 0 Å². The summed E-state index contributed by atoms with van der Waals surface area (Å²) >= 11 is 0. The molecule has 0 fully saturated rings. The molecule has 1 heterocycles. The van der Waals surface area contributed by atoms with Gasteiger partial charge in [0.25, 0.3) is 5.91 Å². The number of carbonyl (C=O) groups is 1. The summed E-state index contributed by atoms with van der Waals surface area (Å²) in [6.45, 7) is 5.53. The molecule has 0 saturated heterocycles. The van der Waals surface area contributed by atoms with Crippen LogP contribution in [-0.4, -0.2) is 34.6 Å². The van der Waals surface area contributed by atoms with Crippen molar-refractivity contribution in [2.24, 2.45) is 0 Å². The van der Waals surface area contributed by atoms with Gasteiger partial charge in [-0.1, -0.05) is 24.3 Å². The maximum Gasteiger partial charge on any atom is 0.251 e. The highest BCUT2D eigenvalue weighted by Gasteiger charge is 2.23. The fraction of sp³-hybridized carbons (Fsp3) is 0.421. The number of amides is 1. The molecule has 0 spiro atoms. The zero-order valence-electron chi connectivity index (χ0n) is 13.8. The number of nitrogens with one attached hydrogen (secondary N) is 1. The predicted molar refractivity (Wildman–Crippen MR) is 90.8 cm³/mol. The molecule has 1 aliphatic carbocycles. The molecule has 0 aromatic heterocycles. The third-order valence-corrected chi connectivity index (χ3v) is 4.48. The number of carbonyl (C=O) groups excluding carboxylic acids is 1. The molecule has 1 aromatic carbocycles. The number of aliphatic hydroxyl groups is 1. The van der Waals surface area contributed by atoms with Gasteiger partial charge in [-0.05, 0) is 55.5 Å². The fourth-order valence-electron chi connectivity index (χ4n) is 2.94. The average molecular weight is 312 g/mol. The number of rotatable bonds is 4. The number of hydrogen-bond acceptors (Lipinski definition) is 3. The van der Waals surface area contributed by atoms with E-state index in [1.165, 1.54) is 30.7 Å². The van der Waals surface area contributed by atoms with E-state index in [0.29, 0.717) is 6.54 Å². The average Bonchev–Trinajstić information content (AvgIpc) is 2.64. The minimum atomic E-state index is -1.34. The molecule has 4 nitrogen and oxygen atoms in total. The summed E-state index contributed by atoms with van der Waals surface area (Å²) in [6, 6.07) is 6.44. The molecule has 0 bridgehead atoms. The van der Waals surface area contributed by atoms with Gasteiger partial charge in [0.15, 0.2) is 0 Å². The van der Waals surface area contributed by atoms with E-state index in [-0.39, 0.29) is 5.91 Å². The van der Waals surface area contributed by atoms with Crippen LogP contribution in [0.2, 0.25) is 0 Å². The summed E-state index contributed by atoms with van der Waals surface area (Å²) in [4.78, 5) is 14.2. The summed E-state index contributed by atoms with van der Waals surface area (Å²) in [7, 11) is 0. The summed E-state index contributed by atoms with van der Waals surface area (Å²) < 4.78 is 0. The predicted octanol–water partition coefficient (Wildman–Crippen LogP) is 1.93. The maximum absolute atomic E-state index is 11.8. The van der Waals surface area contributed by atoms with E-state index in [1.54, 1.807) is 0 Å². The Balaban J connectivity index is 1.64. The van der Waals surface area contributed by atoms with E-state index < -0.39 is 5.60 Å². The zero-order chi connectivity index (χ0) is 16.4. The molecule has 0 atom stereocenters. The Labute approximate surface area is 137 Å². The van der Waals surface area contributed by atoms with Crippen molar-refractivity contribution in [2.45, 2.75) is 38.8 Å². The van der Waals surface area contributed by atoms with Crippen molar-refractivity contribution in [3.8, 4) is 0 Å². The Kier molecular flexibility index (Phi) is 4.26. The van der Waals surface area contributed by atoms with E-state index >= 15 is 0 Å². The third-order valence-electron chi connectivity index (χ3n) is 4.48. The molecule has 0 radical (unpaired) electrons. The number of fused-ring (bicyclic) bond motifs is 1. The first kappa shape index (κ1) is 15.8. The van der Waals surface area contributed by atoms with E-state index in [0.717, 1.165) is 31.5 Å². The van der Waals surface area contributed by atoms with Gasteiger partial charge in [0.05, 0.1) is 0 Å². The smallest absolute Gasteiger partial charge is 0.251 e. The second kappa shape index (κ2) is 6.20. The number of nitrogens with zero attached hydrogens (tertiary/aromatic N) is 1. The summed E-state index contributed by atoms with van der Waals surface area (Å²) in [6.07, 6.45) is 8.47. The molecular weight excluding hydrogens is 288 g/mol. The lowest BCUT2D eigenvalue weighted by Crippen LogP contribution is -2.41. The van der Waals surface area contributed by atoms with E-state index in [4.69, 9.17) is 0 Å². The van der Waals surface area contributed by atoms with Crippen molar-refractivity contribution in [1.82, 2.24) is 10.2 Å². The number of hydrogen-bond donors (Lipinski definition) is 2. The van der Waals surface area contributed by atoms with Crippen molar-refractivity contribution in [3.05, 3.63) is 58.8 Å². The van der Waals surface area contributed by atoms with Gasteiger partial charge in [-0.15, -0.1) is 0 Å². The van der Waals surface area contributed by atoms with E-state index in [9.17, 15) is 9.90 Å². The molecule has 0 saturated carbocycles. The van der Waals surface area contributed by atoms with Crippen LogP contribution in [0, 0.1) is 0 Å². The van der Waals surface area contributed by atoms with Crippen LogP contribution in [0.15, 0.2) is 42.1 Å². The fourth-order valence-corrected chi connectivity index (χ4v) is 2.94. The Morgan fingerprint density at radius 1 is 1.26 bits per heavy atom. The standard InChI is InChI=1S/C19H24N2O2/c1-19(2,23)18(22)20-13-14-6-7-15-8-10-21(17-4-3-5-17)11-9-16(15)12-14/h3-7,12,23H,8-11,13H2,1-2H3,(H,20,22). The van der Waals surface area contributed by atoms with Crippen molar-refractivity contribution in [1.29, 1.82) is 0 Å². The molecule has 1 aliphatic heterocycles. The molecule has 1 amide bonds. The zero-order valence-corrected chi connectivity index (χ0v) is 13.8. The monoisotopic (exact) mass is 312 g/mol. The van der Waals surface area contributed by atoms with E-state index in [1.807, 2.05) is 0 Å². The Morgan fingerprint density at radius 2 is 1.96 bits per heavy atom.